The summed E-state index contributed by atoms with van der Waals surface area (Å²) < 4.78 is 16.6. The fraction of sp³-hybridized carbons (Fsp3) is 0.120. The summed E-state index contributed by atoms with van der Waals surface area (Å²) in [5.41, 5.74) is 1.45. The molecule has 0 atom stereocenters. The van der Waals surface area contributed by atoms with Gasteiger partial charge in [-0.25, -0.2) is 14.2 Å². The van der Waals surface area contributed by atoms with Gasteiger partial charge < -0.3 is 20.5 Å². The van der Waals surface area contributed by atoms with Gasteiger partial charge >= 0.3 is 6.03 Å². The van der Waals surface area contributed by atoms with Crippen molar-refractivity contribution in [3.05, 3.63) is 81.4 Å². The first-order chi connectivity index (χ1) is 16.8. The van der Waals surface area contributed by atoms with E-state index in [1.807, 2.05) is 13.0 Å². The molecule has 4 rings (SSSR count). The Balaban J connectivity index is 1.76. The second kappa shape index (κ2) is 10.1. The molecule has 2 heterocycles. The summed E-state index contributed by atoms with van der Waals surface area (Å²) in [6, 6.07) is 14.0. The number of pyridine rings is 2. The van der Waals surface area contributed by atoms with Crippen LogP contribution >= 0.6 is 15.9 Å². The maximum absolute atomic E-state index is 14.7. The van der Waals surface area contributed by atoms with Crippen molar-refractivity contribution in [2.24, 2.45) is 0 Å². The summed E-state index contributed by atoms with van der Waals surface area (Å²) in [4.78, 5) is 41.4. The highest BCUT2D eigenvalue weighted by Gasteiger charge is 2.17. The number of nitrogens with zero attached hydrogens (tertiary/aromatic N) is 2. The maximum Gasteiger partial charge on any atom is 0.323 e. The number of para-hydroxylation sites is 1. The number of nitrogens with one attached hydrogen (secondary N) is 3. The zero-order chi connectivity index (χ0) is 25.1. The lowest BCUT2D eigenvalue weighted by Crippen LogP contribution is -2.22. The van der Waals surface area contributed by atoms with Gasteiger partial charge in [-0.1, -0.05) is 34.1 Å². The Bertz CT molecular complexity index is 1500. The molecule has 2 aromatic heterocycles. The van der Waals surface area contributed by atoms with E-state index in [2.05, 4.69) is 36.9 Å². The van der Waals surface area contributed by atoms with Crippen LogP contribution in [0.15, 0.2) is 70.1 Å². The van der Waals surface area contributed by atoms with Crippen molar-refractivity contribution in [2.75, 3.05) is 16.0 Å². The molecule has 0 unspecified atom stereocenters. The molecular formula is C25H21BrFN5O3. The molecule has 35 heavy (non-hydrogen) atoms. The number of carbonyl (C=O) groups is 2. The number of hydrogen-bond donors (Lipinski definition) is 3. The van der Waals surface area contributed by atoms with Crippen LogP contribution in [0.3, 0.4) is 0 Å². The minimum Gasteiger partial charge on any atom is -0.311 e. The summed E-state index contributed by atoms with van der Waals surface area (Å²) in [5.74, 6) is -0.606. The molecule has 0 aliphatic rings. The first-order valence-electron chi connectivity index (χ1n) is 10.7. The van der Waals surface area contributed by atoms with E-state index in [0.29, 0.717) is 44.6 Å². The molecule has 0 spiro atoms. The van der Waals surface area contributed by atoms with Gasteiger partial charge in [0.25, 0.3) is 5.56 Å². The Labute approximate surface area is 208 Å². The fourth-order valence-electron chi connectivity index (χ4n) is 3.69. The summed E-state index contributed by atoms with van der Waals surface area (Å²) >= 11 is 3.34. The standard InChI is InChI=1S/C25H21BrFN5O3/c1-3-32-22-12-23(29-14(2)33)28-13-15(22)9-18(24(32)34)17-10-21(20(27)11-19(17)26)31-25(35)30-16-7-5-4-6-8-16/h4-13H,3H2,1-2H3,(H,28,29,33)(H2,30,31,35). The zero-order valence-corrected chi connectivity index (χ0v) is 20.4. The van der Waals surface area contributed by atoms with E-state index in [4.69, 9.17) is 0 Å². The quantitative estimate of drug-likeness (QED) is 0.308. The molecule has 2 aromatic carbocycles. The van der Waals surface area contributed by atoms with Gasteiger partial charge in [0.05, 0.1) is 11.2 Å². The van der Waals surface area contributed by atoms with Crippen LogP contribution < -0.4 is 21.5 Å². The SMILES string of the molecule is CCn1c(=O)c(-c2cc(NC(=O)Nc3ccccc3)c(F)cc2Br)cc2cnc(NC(C)=O)cc21. The first-order valence-corrected chi connectivity index (χ1v) is 11.5. The average molecular weight is 538 g/mol. The minimum atomic E-state index is -0.665. The zero-order valence-electron chi connectivity index (χ0n) is 18.9. The van der Waals surface area contributed by atoms with Gasteiger partial charge in [-0.15, -0.1) is 0 Å². The molecule has 0 bridgehead atoms. The molecule has 10 heteroatoms. The lowest BCUT2D eigenvalue weighted by atomic mass is 10.0. The van der Waals surface area contributed by atoms with Crippen molar-refractivity contribution >= 4 is 56.0 Å². The van der Waals surface area contributed by atoms with Crippen LogP contribution in [0.25, 0.3) is 22.0 Å². The third-order valence-corrected chi connectivity index (χ3v) is 5.88. The van der Waals surface area contributed by atoms with Gasteiger partial charge in [0, 0.05) is 52.4 Å². The van der Waals surface area contributed by atoms with E-state index in [1.54, 1.807) is 47.2 Å². The third kappa shape index (κ3) is 5.22. The van der Waals surface area contributed by atoms with Crippen molar-refractivity contribution in [3.8, 4) is 11.1 Å². The van der Waals surface area contributed by atoms with Crippen LogP contribution in [0.1, 0.15) is 13.8 Å². The summed E-state index contributed by atoms with van der Waals surface area (Å²) in [6.45, 7) is 3.56. The van der Waals surface area contributed by atoms with Crippen molar-refractivity contribution in [3.63, 3.8) is 0 Å². The second-order valence-electron chi connectivity index (χ2n) is 7.67. The topological polar surface area (TPSA) is 105 Å². The number of fused-ring (bicyclic) bond motifs is 1. The van der Waals surface area contributed by atoms with Gasteiger partial charge in [-0.3, -0.25) is 9.59 Å². The molecule has 178 valence electrons. The number of anilines is 3. The second-order valence-corrected chi connectivity index (χ2v) is 8.53. The smallest absolute Gasteiger partial charge is 0.311 e. The van der Waals surface area contributed by atoms with Crippen molar-refractivity contribution in [1.29, 1.82) is 0 Å². The molecule has 0 saturated carbocycles. The van der Waals surface area contributed by atoms with E-state index in [-0.39, 0.29) is 17.2 Å². The Kier molecular flexibility index (Phi) is 6.92. The molecule has 3 amide bonds. The molecule has 0 fully saturated rings. The van der Waals surface area contributed by atoms with Crippen LogP contribution in [0.5, 0.6) is 0 Å². The number of amides is 3. The molecule has 8 nitrogen and oxygen atoms in total. The maximum atomic E-state index is 14.7. The van der Waals surface area contributed by atoms with E-state index < -0.39 is 11.8 Å². The van der Waals surface area contributed by atoms with Gasteiger partial charge in [0.2, 0.25) is 5.91 Å². The number of aromatic nitrogens is 2. The molecule has 0 aliphatic heterocycles. The number of aryl methyl sites for hydroxylation is 1. The molecule has 4 aromatic rings. The lowest BCUT2D eigenvalue weighted by Gasteiger charge is -2.15. The number of urea groups is 1. The largest absolute Gasteiger partial charge is 0.323 e. The Hall–Kier alpha value is -4.05. The average Bonchev–Trinajstić information content (AvgIpc) is 2.81. The number of benzene rings is 2. The molecule has 3 N–H and O–H groups in total. The Morgan fingerprint density at radius 3 is 2.46 bits per heavy atom. The van der Waals surface area contributed by atoms with Gasteiger partial charge in [0.15, 0.2) is 0 Å². The summed E-state index contributed by atoms with van der Waals surface area (Å²) in [6.07, 6.45) is 1.56. The van der Waals surface area contributed by atoms with E-state index in [9.17, 15) is 18.8 Å². The highest BCUT2D eigenvalue weighted by Crippen LogP contribution is 2.33. The predicted molar refractivity (Wildman–Crippen MR) is 138 cm³/mol. The molecule has 0 radical (unpaired) electrons. The summed E-state index contributed by atoms with van der Waals surface area (Å²) in [7, 11) is 0. The number of carbonyl (C=O) groups excluding carboxylic acids is 2. The molecule has 0 saturated heterocycles. The molecular weight excluding hydrogens is 517 g/mol. The van der Waals surface area contributed by atoms with E-state index in [0.717, 1.165) is 0 Å². The normalized spacial score (nSPS) is 10.7. The number of rotatable bonds is 5. The van der Waals surface area contributed by atoms with Crippen LogP contribution in [-0.2, 0) is 11.3 Å². The van der Waals surface area contributed by atoms with Gasteiger partial charge in [-0.05, 0) is 37.3 Å². The minimum absolute atomic E-state index is 0.0849. The van der Waals surface area contributed by atoms with E-state index in [1.165, 1.54) is 19.1 Å². The highest BCUT2D eigenvalue weighted by atomic mass is 79.9. The van der Waals surface area contributed by atoms with Crippen LogP contribution in [0.2, 0.25) is 0 Å². The predicted octanol–water partition coefficient (Wildman–Crippen LogP) is 5.59. The fourth-order valence-corrected chi connectivity index (χ4v) is 4.21. The Morgan fingerprint density at radius 2 is 1.77 bits per heavy atom. The molecule has 0 aliphatic carbocycles. The van der Waals surface area contributed by atoms with Crippen LogP contribution in [-0.4, -0.2) is 21.5 Å². The number of hydrogen-bond acceptors (Lipinski definition) is 4. The number of halogens is 2. The Morgan fingerprint density at radius 1 is 1.03 bits per heavy atom. The lowest BCUT2D eigenvalue weighted by molar-refractivity contribution is -0.114. The third-order valence-electron chi connectivity index (χ3n) is 5.23. The van der Waals surface area contributed by atoms with Gasteiger partial charge in [-0.2, -0.15) is 0 Å². The first kappa shape index (κ1) is 24.1. The van der Waals surface area contributed by atoms with Crippen LogP contribution in [0, 0.1) is 5.82 Å². The summed E-state index contributed by atoms with van der Waals surface area (Å²) in [5, 5.41) is 8.40. The van der Waals surface area contributed by atoms with Crippen molar-refractivity contribution < 1.29 is 14.0 Å². The highest BCUT2D eigenvalue weighted by molar-refractivity contribution is 9.10. The monoisotopic (exact) mass is 537 g/mol. The van der Waals surface area contributed by atoms with Crippen LogP contribution in [0.4, 0.5) is 26.4 Å². The van der Waals surface area contributed by atoms with Crippen molar-refractivity contribution in [2.45, 2.75) is 20.4 Å². The van der Waals surface area contributed by atoms with E-state index >= 15 is 0 Å². The van der Waals surface area contributed by atoms with Gasteiger partial charge in [0.1, 0.15) is 11.6 Å². The van der Waals surface area contributed by atoms with Crippen molar-refractivity contribution in [1.82, 2.24) is 9.55 Å².